The Labute approximate surface area is 147 Å². The summed E-state index contributed by atoms with van der Waals surface area (Å²) in [5.41, 5.74) is -1.28. The van der Waals surface area contributed by atoms with Gasteiger partial charge in [-0.1, -0.05) is 17.7 Å². The third-order valence-corrected chi connectivity index (χ3v) is 5.48. The van der Waals surface area contributed by atoms with Crippen LogP contribution in [0.5, 0.6) is 0 Å². The number of nitrogens with zero attached hydrogens (tertiary/aromatic N) is 1. The maximum atomic E-state index is 12.3. The number of benzene rings is 1. The Morgan fingerprint density at radius 3 is 2.79 bits per heavy atom. The molecule has 1 aromatic heterocycles. The van der Waals surface area contributed by atoms with Crippen LogP contribution in [-0.2, 0) is 5.60 Å². The number of hydrogen-bond donors (Lipinski definition) is 2. The van der Waals surface area contributed by atoms with E-state index in [-0.39, 0.29) is 28.7 Å². The van der Waals surface area contributed by atoms with Crippen molar-refractivity contribution in [2.75, 3.05) is 6.54 Å². The first-order valence-electron chi connectivity index (χ1n) is 7.40. The zero-order chi connectivity index (χ0) is 17.3. The van der Waals surface area contributed by atoms with Gasteiger partial charge in [0.15, 0.2) is 0 Å². The van der Waals surface area contributed by atoms with Gasteiger partial charge in [-0.2, -0.15) is 0 Å². The summed E-state index contributed by atoms with van der Waals surface area (Å²) in [5, 5.41) is 26.4. The molecule has 1 heterocycles. The lowest BCUT2D eigenvalue weighted by molar-refractivity contribution is -0.384. The van der Waals surface area contributed by atoms with Crippen LogP contribution in [-0.4, -0.2) is 22.5 Å². The maximum Gasteiger partial charge on any atom is 0.288 e. The Morgan fingerprint density at radius 2 is 2.21 bits per heavy atom. The molecule has 1 aliphatic rings. The quantitative estimate of drug-likeness (QED) is 0.605. The minimum absolute atomic E-state index is 0.0235. The predicted molar refractivity (Wildman–Crippen MR) is 91.4 cm³/mol. The van der Waals surface area contributed by atoms with E-state index in [1.165, 1.54) is 23.5 Å². The number of aliphatic hydroxyl groups is 1. The van der Waals surface area contributed by atoms with E-state index in [0.717, 1.165) is 23.8 Å². The molecule has 2 aromatic rings. The molecular formula is C16H15ClN2O4S. The number of nitrogens with one attached hydrogen (secondary N) is 1. The minimum Gasteiger partial charge on any atom is -0.382 e. The van der Waals surface area contributed by atoms with Gasteiger partial charge in [0.1, 0.15) is 10.6 Å². The number of thiophene rings is 1. The van der Waals surface area contributed by atoms with Gasteiger partial charge >= 0.3 is 0 Å². The zero-order valence-electron chi connectivity index (χ0n) is 12.6. The fraction of sp³-hybridized carbons (Fsp3) is 0.312. The number of rotatable bonds is 6. The molecule has 1 aliphatic carbocycles. The van der Waals surface area contributed by atoms with Crippen molar-refractivity contribution in [3.8, 4) is 0 Å². The molecule has 0 saturated heterocycles. The van der Waals surface area contributed by atoms with Gasteiger partial charge in [-0.3, -0.25) is 14.9 Å². The molecule has 24 heavy (non-hydrogen) atoms. The van der Waals surface area contributed by atoms with Gasteiger partial charge in [-0.15, -0.1) is 11.3 Å². The first-order valence-corrected chi connectivity index (χ1v) is 8.66. The van der Waals surface area contributed by atoms with E-state index >= 15 is 0 Å². The average molecular weight is 367 g/mol. The van der Waals surface area contributed by atoms with Gasteiger partial charge in [0, 0.05) is 16.5 Å². The van der Waals surface area contributed by atoms with Crippen molar-refractivity contribution >= 4 is 34.5 Å². The SMILES string of the molecule is O=C(NCC(O)(c1cccs1)C1CC1)c1ccc(Cl)c([N+](=O)[O-])c1. The number of nitro benzene ring substituents is 1. The highest BCUT2D eigenvalue weighted by Gasteiger charge is 2.46. The smallest absolute Gasteiger partial charge is 0.288 e. The Balaban J connectivity index is 1.75. The van der Waals surface area contributed by atoms with Crippen molar-refractivity contribution in [1.29, 1.82) is 0 Å². The Morgan fingerprint density at radius 1 is 1.46 bits per heavy atom. The van der Waals surface area contributed by atoms with Crippen molar-refractivity contribution in [2.45, 2.75) is 18.4 Å². The Hall–Kier alpha value is -1.96. The van der Waals surface area contributed by atoms with E-state index in [2.05, 4.69) is 5.32 Å². The van der Waals surface area contributed by atoms with Crippen LogP contribution in [0.1, 0.15) is 28.1 Å². The molecule has 0 radical (unpaired) electrons. The van der Waals surface area contributed by atoms with Crippen LogP contribution >= 0.6 is 22.9 Å². The van der Waals surface area contributed by atoms with Gasteiger partial charge in [0.25, 0.3) is 11.6 Å². The van der Waals surface area contributed by atoms with Crippen molar-refractivity contribution in [2.24, 2.45) is 5.92 Å². The molecule has 6 nitrogen and oxygen atoms in total. The number of halogens is 1. The summed E-state index contributed by atoms with van der Waals surface area (Å²) in [6, 6.07) is 7.59. The third kappa shape index (κ3) is 3.28. The number of amides is 1. The molecule has 3 rings (SSSR count). The second-order valence-electron chi connectivity index (χ2n) is 5.78. The normalized spacial score (nSPS) is 16.4. The summed E-state index contributed by atoms with van der Waals surface area (Å²) in [4.78, 5) is 23.4. The van der Waals surface area contributed by atoms with Gasteiger partial charge < -0.3 is 10.4 Å². The van der Waals surface area contributed by atoms with Crippen molar-refractivity contribution < 1.29 is 14.8 Å². The monoisotopic (exact) mass is 366 g/mol. The van der Waals surface area contributed by atoms with Crippen LogP contribution in [0.4, 0.5) is 5.69 Å². The summed E-state index contributed by atoms with van der Waals surface area (Å²) >= 11 is 7.20. The lowest BCUT2D eigenvalue weighted by Crippen LogP contribution is -2.42. The van der Waals surface area contributed by atoms with Gasteiger partial charge in [-0.25, -0.2) is 0 Å². The van der Waals surface area contributed by atoms with Crippen LogP contribution < -0.4 is 5.32 Å². The molecule has 8 heteroatoms. The van der Waals surface area contributed by atoms with Crippen molar-refractivity contribution in [3.63, 3.8) is 0 Å². The standard InChI is InChI=1S/C16H15ClN2O4S/c17-12-6-3-10(8-13(12)19(22)23)15(20)18-9-16(21,11-4-5-11)14-2-1-7-24-14/h1-3,6-8,11,21H,4-5,9H2,(H,18,20). The van der Waals surface area contributed by atoms with Crippen LogP contribution in [0.2, 0.25) is 5.02 Å². The van der Waals surface area contributed by atoms with Crippen molar-refractivity contribution in [1.82, 2.24) is 5.32 Å². The predicted octanol–water partition coefficient (Wildman–Crippen LogP) is 3.34. The second-order valence-corrected chi connectivity index (χ2v) is 7.14. The summed E-state index contributed by atoms with van der Waals surface area (Å²) in [7, 11) is 0. The fourth-order valence-electron chi connectivity index (χ4n) is 2.63. The summed E-state index contributed by atoms with van der Waals surface area (Å²) in [5.74, 6) is -0.360. The van der Waals surface area contributed by atoms with E-state index in [4.69, 9.17) is 11.6 Å². The second kappa shape index (κ2) is 6.51. The molecule has 1 fully saturated rings. The van der Waals surface area contributed by atoms with Gasteiger partial charge in [0.2, 0.25) is 0 Å². The lowest BCUT2D eigenvalue weighted by atomic mass is 9.95. The van der Waals surface area contributed by atoms with Crippen LogP contribution in [0.25, 0.3) is 0 Å². The molecule has 1 atom stereocenters. The minimum atomic E-state index is -1.10. The van der Waals surface area contributed by atoms with Crippen LogP contribution in [0.3, 0.4) is 0 Å². The topological polar surface area (TPSA) is 92.5 Å². The number of nitro groups is 1. The molecule has 1 aromatic carbocycles. The van der Waals surface area contributed by atoms with E-state index in [1.54, 1.807) is 0 Å². The first kappa shape index (κ1) is 16.9. The maximum absolute atomic E-state index is 12.3. The highest BCUT2D eigenvalue weighted by Crippen LogP contribution is 2.46. The summed E-state index contributed by atoms with van der Waals surface area (Å²) in [6.07, 6.45) is 1.83. The third-order valence-electron chi connectivity index (χ3n) is 4.12. The number of hydrogen-bond acceptors (Lipinski definition) is 5. The fourth-order valence-corrected chi connectivity index (χ4v) is 3.72. The number of carbonyl (C=O) groups is 1. The lowest BCUT2D eigenvalue weighted by Gasteiger charge is -2.27. The summed E-state index contributed by atoms with van der Waals surface area (Å²) in [6.45, 7) is 0.0629. The van der Waals surface area contributed by atoms with Crippen LogP contribution in [0, 0.1) is 16.0 Å². The van der Waals surface area contributed by atoms with Gasteiger partial charge in [0.05, 0.1) is 11.5 Å². The molecule has 126 valence electrons. The van der Waals surface area contributed by atoms with Crippen molar-refractivity contribution in [3.05, 3.63) is 61.3 Å². The molecule has 0 spiro atoms. The molecule has 0 aliphatic heterocycles. The molecule has 1 amide bonds. The highest BCUT2D eigenvalue weighted by molar-refractivity contribution is 7.10. The molecule has 1 saturated carbocycles. The first-order chi connectivity index (χ1) is 11.4. The highest BCUT2D eigenvalue weighted by atomic mass is 35.5. The molecular weight excluding hydrogens is 352 g/mol. The van der Waals surface area contributed by atoms with E-state index in [0.29, 0.717) is 0 Å². The Kier molecular flexibility index (Phi) is 4.58. The zero-order valence-corrected chi connectivity index (χ0v) is 14.1. The molecule has 1 unspecified atom stereocenters. The van der Waals surface area contributed by atoms with E-state index < -0.39 is 16.4 Å². The largest absolute Gasteiger partial charge is 0.382 e. The van der Waals surface area contributed by atoms with E-state index in [1.807, 2.05) is 17.5 Å². The number of carbonyl (C=O) groups excluding carboxylic acids is 1. The van der Waals surface area contributed by atoms with E-state index in [9.17, 15) is 20.0 Å². The van der Waals surface area contributed by atoms with Gasteiger partial charge in [-0.05, 0) is 42.3 Å². The molecule has 0 bridgehead atoms. The summed E-state index contributed by atoms with van der Waals surface area (Å²) < 4.78 is 0. The average Bonchev–Trinajstić information content (AvgIpc) is 3.27. The van der Waals surface area contributed by atoms with Crippen LogP contribution in [0.15, 0.2) is 35.7 Å². The molecule has 2 N–H and O–H groups in total. The Bertz CT molecular complexity index is 776.